The molecule has 3 aromatic rings. The lowest BCUT2D eigenvalue weighted by atomic mass is 10.1. The first kappa shape index (κ1) is 19.5. The second kappa shape index (κ2) is 10.2. The van der Waals surface area contributed by atoms with Gasteiger partial charge in [-0.1, -0.05) is 47.7 Å². The molecule has 0 fully saturated rings. The third kappa shape index (κ3) is 6.45. The van der Waals surface area contributed by atoms with Crippen LogP contribution in [0.15, 0.2) is 69.1 Å². The molecule has 3 rings (SSSR count). The van der Waals surface area contributed by atoms with Gasteiger partial charge in [-0.15, -0.1) is 22.0 Å². The van der Waals surface area contributed by atoms with Crippen molar-refractivity contribution in [3.05, 3.63) is 60.2 Å². The van der Waals surface area contributed by atoms with Gasteiger partial charge in [0.1, 0.15) is 0 Å². The van der Waals surface area contributed by atoms with Crippen molar-refractivity contribution < 1.29 is 9.21 Å². The van der Waals surface area contributed by atoms with Crippen LogP contribution in [0.4, 0.5) is 0 Å². The molecule has 0 aliphatic carbocycles. The summed E-state index contributed by atoms with van der Waals surface area (Å²) in [7, 11) is 0. The van der Waals surface area contributed by atoms with Gasteiger partial charge in [0.25, 0.3) is 5.22 Å². The Morgan fingerprint density at radius 3 is 2.74 bits per heavy atom. The van der Waals surface area contributed by atoms with Crippen molar-refractivity contribution in [2.24, 2.45) is 0 Å². The average molecular weight is 400 g/mol. The number of hydrogen-bond donors (Lipinski definition) is 1. The Morgan fingerprint density at radius 2 is 1.93 bits per heavy atom. The van der Waals surface area contributed by atoms with Gasteiger partial charge in [-0.2, -0.15) is 0 Å². The smallest absolute Gasteiger partial charge is 0.277 e. The van der Waals surface area contributed by atoms with E-state index in [2.05, 4.69) is 27.6 Å². The van der Waals surface area contributed by atoms with Gasteiger partial charge < -0.3 is 9.73 Å². The molecule has 0 aliphatic heterocycles. The zero-order valence-corrected chi connectivity index (χ0v) is 16.7. The van der Waals surface area contributed by atoms with E-state index in [4.69, 9.17) is 4.42 Å². The first-order valence-corrected chi connectivity index (χ1v) is 10.7. The van der Waals surface area contributed by atoms with E-state index >= 15 is 0 Å². The Hall–Kier alpha value is -2.25. The van der Waals surface area contributed by atoms with E-state index in [9.17, 15) is 4.79 Å². The van der Waals surface area contributed by atoms with Crippen LogP contribution < -0.4 is 5.32 Å². The summed E-state index contributed by atoms with van der Waals surface area (Å²) < 4.78 is 5.62. The number of nitrogens with one attached hydrogen (secondary N) is 1. The maximum absolute atomic E-state index is 11.9. The maximum atomic E-state index is 11.9. The number of amides is 1. The number of rotatable bonds is 9. The summed E-state index contributed by atoms with van der Waals surface area (Å²) in [6.07, 6.45) is 0.925. The van der Waals surface area contributed by atoms with Gasteiger partial charge in [-0.3, -0.25) is 4.79 Å². The highest BCUT2D eigenvalue weighted by molar-refractivity contribution is 7.99. The Labute approximate surface area is 167 Å². The lowest BCUT2D eigenvalue weighted by Crippen LogP contribution is -2.26. The molecule has 1 amide bonds. The third-order valence-electron chi connectivity index (χ3n) is 3.65. The molecule has 2 aromatic carbocycles. The highest BCUT2D eigenvalue weighted by Crippen LogP contribution is 2.23. The second-order valence-corrected chi connectivity index (χ2v) is 7.99. The fourth-order valence-corrected chi connectivity index (χ4v) is 3.81. The summed E-state index contributed by atoms with van der Waals surface area (Å²) in [4.78, 5) is 13.2. The maximum Gasteiger partial charge on any atom is 0.277 e. The third-order valence-corrected chi connectivity index (χ3v) is 5.57. The average Bonchev–Trinajstić information content (AvgIpc) is 3.16. The van der Waals surface area contributed by atoms with Crippen molar-refractivity contribution in [2.45, 2.75) is 23.5 Å². The molecule has 1 N–H and O–H groups in total. The summed E-state index contributed by atoms with van der Waals surface area (Å²) in [5, 5.41) is 11.4. The predicted molar refractivity (Wildman–Crippen MR) is 110 cm³/mol. The lowest BCUT2D eigenvalue weighted by molar-refractivity contribution is -0.118. The van der Waals surface area contributed by atoms with E-state index in [1.165, 1.54) is 16.7 Å². The Bertz CT molecular complexity index is 868. The summed E-state index contributed by atoms with van der Waals surface area (Å²) in [6, 6.07) is 18.1. The monoisotopic (exact) mass is 399 g/mol. The highest BCUT2D eigenvalue weighted by atomic mass is 32.2. The number of aromatic nitrogens is 2. The number of carbonyl (C=O) groups is 1. The van der Waals surface area contributed by atoms with Crippen LogP contribution in [0.5, 0.6) is 0 Å². The highest BCUT2D eigenvalue weighted by Gasteiger charge is 2.11. The number of carbonyl (C=O) groups excluding carboxylic acids is 1. The van der Waals surface area contributed by atoms with Crippen LogP contribution >= 0.6 is 23.5 Å². The molecule has 0 radical (unpaired) electrons. The molecule has 0 saturated heterocycles. The topological polar surface area (TPSA) is 68.0 Å². The van der Waals surface area contributed by atoms with Crippen LogP contribution in [0.25, 0.3) is 11.5 Å². The van der Waals surface area contributed by atoms with Crippen molar-refractivity contribution in [3.63, 3.8) is 0 Å². The van der Waals surface area contributed by atoms with Crippen LogP contribution in [0.1, 0.15) is 12.0 Å². The molecule has 0 spiro atoms. The molecular formula is C20H21N3O2S2. The second-order valence-electron chi connectivity index (χ2n) is 5.90. The van der Waals surface area contributed by atoms with Crippen molar-refractivity contribution in [1.82, 2.24) is 15.5 Å². The molecule has 0 saturated carbocycles. The minimum atomic E-state index is -0.0278. The Balaban J connectivity index is 1.34. The fraction of sp³-hybridized carbons (Fsp3) is 0.250. The molecule has 0 unspecified atom stereocenters. The molecule has 0 bridgehead atoms. The number of nitrogens with zero attached hydrogens (tertiary/aromatic N) is 2. The molecule has 140 valence electrons. The number of aryl methyl sites for hydroxylation is 1. The standard InChI is InChI=1S/C20H21N3O2S2/c1-15-7-5-8-16(13-15)19-22-23-20(25-19)27-14-18(24)21-11-6-12-26-17-9-3-2-4-10-17/h2-5,7-10,13H,6,11-12,14H2,1H3,(H,21,24). The molecule has 27 heavy (non-hydrogen) atoms. The van der Waals surface area contributed by atoms with Crippen molar-refractivity contribution in [2.75, 3.05) is 18.1 Å². The minimum absolute atomic E-state index is 0.0278. The van der Waals surface area contributed by atoms with Crippen LogP contribution in [-0.2, 0) is 4.79 Å². The molecule has 0 atom stereocenters. The van der Waals surface area contributed by atoms with Gasteiger partial charge in [0, 0.05) is 17.0 Å². The van der Waals surface area contributed by atoms with Crippen LogP contribution in [0.3, 0.4) is 0 Å². The minimum Gasteiger partial charge on any atom is -0.411 e. The molecule has 0 aliphatic rings. The zero-order chi connectivity index (χ0) is 18.9. The predicted octanol–water partition coefficient (Wildman–Crippen LogP) is 4.44. The summed E-state index contributed by atoms with van der Waals surface area (Å²) in [5.41, 5.74) is 2.01. The molecule has 1 heterocycles. The summed E-state index contributed by atoms with van der Waals surface area (Å²) in [5.74, 6) is 1.68. The van der Waals surface area contributed by atoms with E-state index in [1.54, 1.807) is 11.8 Å². The van der Waals surface area contributed by atoms with Gasteiger partial charge in [0.2, 0.25) is 11.8 Å². The van der Waals surface area contributed by atoms with Gasteiger partial charge in [0.05, 0.1) is 5.75 Å². The molecular weight excluding hydrogens is 378 g/mol. The number of thioether (sulfide) groups is 2. The van der Waals surface area contributed by atoms with E-state index < -0.39 is 0 Å². The van der Waals surface area contributed by atoms with Crippen LogP contribution in [0.2, 0.25) is 0 Å². The Morgan fingerprint density at radius 1 is 1.07 bits per heavy atom. The SMILES string of the molecule is Cc1cccc(-c2nnc(SCC(=O)NCCCSc3ccccc3)o2)c1. The quantitative estimate of drug-likeness (QED) is 0.424. The first-order valence-electron chi connectivity index (χ1n) is 8.68. The van der Waals surface area contributed by atoms with Gasteiger partial charge in [0.15, 0.2) is 0 Å². The van der Waals surface area contributed by atoms with Crippen molar-refractivity contribution >= 4 is 29.4 Å². The summed E-state index contributed by atoms with van der Waals surface area (Å²) in [6.45, 7) is 2.68. The largest absolute Gasteiger partial charge is 0.411 e. The van der Waals surface area contributed by atoms with E-state index in [0.717, 1.165) is 23.3 Å². The molecule has 1 aromatic heterocycles. The van der Waals surface area contributed by atoms with Gasteiger partial charge >= 0.3 is 0 Å². The zero-order valence-electron chi connectivity index (χ0n) is 15.1. The van der Waals surface area contributed by atoms with E-state index in [0.29, 0.717) is 17.7 Å². The van der Waals surface area contributed by atoms with E-state index in [1.807, 2.05) is 49.4 Å². The Kier molecular flexibility index (Phi) is 7.36. The number of hydrogen-bond acceptors (Lipinski definition) is 6. The molecule has 5 nitrogen and oxygen atoms in total. The fourth-order valence-electron chi connectivity index (χ4n) is 2.35. The van der Waals surface area contributed by atoms with Crippen molar-refractivity contribution in [1.29, 1.82) is 0 Å². The van der Waals surface area contributed by atoms with Crippen molar-refractivity contribution in [3.8, 4) is 11.5 Å². The van der Waals surface area contributed by atoms with E-state index in [-0.39, 0.29) is 11.7 Å². The normalized spacial score (nSPS) is 10.7. The molecule has 7 heteroatoms. The van der Waals surface area contributed by atoms with Gasteiger partial charge in [-0.05, 0) is 43.4 Å². The van der Waals surface area contributed by atoms with Crippen LogP contribution in [-0.4, -0.2) is 34.2 Å². The van der Waals surface area contributed by atoms with Gasteiger partial charge in [-0.25, -0.2) is 0 Å². The lowest BCUT2D eigenvalue weighted by Gasteiger charge is -2.04. The first-order chi connectivity index (χ1) is 13.2. The number of benzene rings is 2. The summed E-state index contributed by atoms with van der Waals surface area (Å²) >= 11 is 3.05. The van der Waals surface area contributed by atoms with Crippen LogP contribution in [0, 0.1) is 6.92 Å².